The molecule has 1 fully saturated rings. The average Bonchev–Trinajstić information content (AvgIpc) is 2.79. The Morgan fingerprint density at radius 3 is 2.40 bits per heavy atom. The first-order valence-electron chi connectivity index (χ1n) is 7.24. The molecule has 1 aliphatic heterocycles. The molecule has 2 rings (SSSR count). The van der Waals surface area contributed by atoms with Gasteiger partial charge in [-0.25, -0.2) is 4.79 Å². The lowest BCUT2D eigenvalue weighted by Crippen LogP contribution is -2.45. The zero-order valence-corrected chi connectivity index (χ0v) is 14.0. The minimum absolute atomic E-state index is 0.0614. The van der Waals surface area contributed by atoms with Gasteiger partial charge in [0.1, 0.15) is 6.04 Å². The summed E-state index contributed by atoms with van der Waals surface area (Å²) in [6.45, 7) is 1.74. The number of hydrogen-bond acceptors (Lipinski definition) is 5. The number of carbonyl (C=O) groups excluding carboxylic acids is 2. The van der Waals surface area contributed by atoms with Gasteiger partial charge in [0.2, 0.25) is 0 Å². The van der Waals surface area contributed by atoms with Gasteiger partial charge in [0.25, 0.3) is 11.1 Å². The van der Waals surface area contributed by atoms with E-state index in [0.717, 1.165) is 5.56 Å². The van der Waals surface area contributed by atoms with Crippen LogP contribution >= 0.6 is 11.8 Å². The van der Waals surface area contributed by atoms with Crippen LogP contribution in [0.25, 0.3) is 6.08 Å². The number of rotatable bonds is 6. The van der Waals surface area contributed by atoms with Crippen LogP contribution in [0.5, 0.6) is 0 Å². The van der Waals surface area contributed by atoms with E-state index in [2.05, 4.69) is 0 Å². The Balaban J connectivity index is 2.26. The van der Waals surface area contributed by atoms with Gasteiger partial charge >= 0.3 is 11.9 Å². The number of nitrogens with zero attached hydrogens (tertiary/aromatic N) is 1. The van der Waals surface area contributed by atoms with Crippen LogP contribution in [0, 0.1) is 0 Å². The molecule has 1 aliphatic rings. The molecule has 1 atom stereocenters. The molecule has 0 spiro atoms. The molecule has 0 aliphatic carbocycles. The molecule has 0 radical (unpaired) electrons. The molecule has 1 saturated heterocycles. The van der Waals surface area contributed by atoms with Crippen molar-refractivity contribution in [3.8, 4) is 0 Å². The lowest BCUT2D eigenvalue weighted by Gasteiger charge is -2.19. The Hall–Kier alpha value is -2.87. The van der Waals surface area contributed by atoms with Gasteiger partial charge in [0, 0.05) is 0 Å². The summed E-state index contributed by atoms with van der Waals surface area (Å²) < 4.78 is 0. The smallest absolute Gasteiger partial charge is 0.327 e. The first kappa shape index (κ1) is 18.5. The van der Waals surface area contributed by atoms with Crippen molar-refractivity contribution in [3.63, 3.8) is 0 Å². The number of allylic oxidation sites excluding steroid dienone is 2. The monoisotopic (exact) mass is 361 g/mol. The third-order valence-electron chi connectivity index (χ3n) is 3.34. The molecule has 1 aromatic rings. The van der Waals surface area contributed by atoms with Crippen LogP contribution in [-0.2, 0) is 14.4 Å². The van der Waals surface area contributed by atoms with Crippen LogP contribution in [-0.4, -0.2) is 44.2 Å². The van der Waals surface area contributed by atoms with E-state index in [-0.39, 0.29) is 4.91 Å². The van der Waals surface area contributed by atoms with Crippen molar-refractivity contribution in [3.05, 3.63) is 52.4 Å². The Labute approximate surface area is 147 Å². The van der Waals surface area contributed by atoms with Crippen LogP contribution in [0.4, 0.5) is 4.79 Å². The molecule has 1 heterocycles. The summed E-state index contributed by atoms with van der Waals surface area (Å²) in [6, 6.07) is 7.60. The molecular weight excluding hydrogens is 346 g/mol. The number of hydrogen-bond donors (Lipinski definition) is 2. The molecule has 130 valence electrons. The highest BCUT2D eigenvalue weighted by molar-refractivity contribution is 8.18. The van der Waals surface area contributed by atoms with E-state index in [9.17, 15) is 19.2 Å². The Morgan fingerprint density at radius 1 is 1.20 bits per heavy atom. The van der Waals surface area contributed by atoms with Crippen LogP contribution in [0.1, 0.15) is 18.9 Å². The van der Waals surface area contributed by atoms with Crippen molar-refractivity contribution >= 4 is 40.9 Å². The van der Waals surface area contributed by atoms with E-state index in [1.54, 1.807) is 13.0 Å². The maximum atomic E-state index is 12.4. The van der Waals surface area contributed by atoms with Gasteiger partial charge in [-0.3, -0.25) is 19.3 Å². The van der Waals surface area contributed by atoms with Gasteiger partial charge in [-0.05, 0) is 35.9 Å². The zero-order valence-electron chi connectivity index (χ0n) is 13.2. The quantitative estimate of drug-likeness (QED) is 0.749. The number of aliphatic carboxylic acids is 2. The van der Waals surface area contributed by atoms with Gasteiger partial charge in [-0.15, -0.1) is 0 Å². The molecule has 25 heavy (non-hydrogen) atoms. The van der Waals surface area contributed by atoms with Gasteiger partial charge in [0.15, 0.2) is 0 Å². The number of carboxylic acids is 2. The van der Waals surface area contributed by atoms with Gasteiger partial charge in [0.05, 0.1) is 11.3 Å². The van der Waals surface area contributed by atoms with Crippen molar-refractivity contribution in [1.29, 1.82) is 0 Å². The van der Waals surface area contributed by atoms with Crippen molar-refractivity contribution in [1.82, 2.24) is 4.90 Å². The first-order valence-corrected chi connectivity index (χ1v) is 8.06. The van der Waals surface area contributed by atoms with Crippen molar-refractivity contribution in [2.75, 3.05) is 0 Å². The van der Waals surface area contributed by atoms with Gasteiger partial charge in [-0.1, -0.05) is 36.4 Å². The number of benzene rings is 1. The highest BCUT2D eigenvalue weighted by atomic mass is 32.2. The molecule has 2 amide bonds. The summed E-state index contributed by atoms with van der Waals surface area (Å²) in [5.41, 5.74) is 1.60. The van der Waals surface area contributed by atoms with Crippen LogP contribution in [0.15, 0.2) is 46.9 Å². The summed E-state index contributed by atoms with van der Waals surface area (Å²) in [5.74, 6) is -3.75. The molecular formula is C17H15NO6S. The summed E-state index contributed by atoms with van der Waals surface area (Å²) >= 11 is 0.595. The number of carboxylic acid groups (broad SMARTS) is 2. The Morgan fingerprint density at radius 2 is 1.84 bits per heavy atom. The summed E-state index contributed by atoms with van der Waals surface area (Å²) in [6.07, 6.45) is 2.44. The fourth-order valence-electron chi connectivity index (χ4n) is 2.26. The fraction of sp³-hybridized carbons (Fsp3) is 0.176. The molecule has 1 aromatic carbocycles. The molecule has 2 N–H and O–H groups in total. The fourth-order valence-corrected chi connectivity index (χ4v) is 3.19. The molecule has 8 heteroatoms. The van der Waals surface area contributed by atoms with E-state index in [0.29, 0.717) is 22.2 Å². The van der Waals surface area contributed by atoms with E-state index >= 15 is 0 Å². The molecule has 0 unspecified atom stereocenters. The average molecular weight is 361 g/mol. The van der Waals surface area contributed by atoms with Crippen molar-refractivity contribution < 1.29 is 29.4 Å². The highest BCUT2D eigenvalue weighted by Crippen LogP contribution is 2.34. The predicted octanol–water partition coefficient (Wildman–Crippen LogP) is 2.60. The Bertz CT molecular complexity index is 784. The second-order valence-electron chi connectivity index (χ2n) is 5.30. The maximum absolute atomic E-state index is 12.4. The van der Waals surface area contributed by atoms with Crippen molar-refractivity contribution in [2.24, 2.45) is 0 Å². The van der Waals surface area contributed by atoms with E-state index in [4.69, 9.17) is 10.2 Å². The van der Waals surface area contributed by atoms with E-state index in [1.807, 2.05) is 30.3 Å². The number of carbonyl (C=O) groups is 4. The minimum Gasteiger partial charge on any atom is -0.481 e. The van der Waals surface area contributed by atoms with Gasteiger partial charge < -0.3 is 10.2 Å². The maximum Gasteiger partial charge on any atom is 0.327 e. The van der Waals surface area contributed by atoms with Crippen LogP contribution in [0.2, 0.25) is 0 Å². The van der Waals surface area contributed by atoms with E-state index < -0.39 is 35.5 Å². The minimum atomic E-state index is -1.73. The molecule has 0 bridgehead atoms. The predicted molar refractivity (Wildman–Crippen MR) is 91.7 cm³/mol. The van der Waals surface area contributed by atoms with E-state index in [1.165, 1.54) is 6.08 Å². The first-order chi connectivity index (χ1) is 11.8. The largest absolute Gasteiger partial charge is 0.481 e. The van der Waals surface area contributed by atoms with Crippen LogP contribution < -0.4 is 0 Å². The number of thioether (sulfide) groups is 1. The summed E-state index contributed by atoms with van der Waals surface area (Å²) in [4.78, 5) is 47.0. The second-order valence-corrected chi connectivity index (χ2v) is 6.30. The molecule has 0 aromatic heterocycles. The topological polar surface area (TPSA) is 112 Å². The third-order valence-corrected chi connectivity index (χ3v) is 4.22. The normalized spacial score (nSPS) is 17.9. The number of amides is 2. The molecule has 0 saturated carbocycles. The summed E-state index contributed by atoms with van der Waals surface area (Å²) in [7, 11) is 0. The summed E-state index contributed by atoms with van der Waals surface area (Å²) in [5, 5.41) is 17.1. The van der Waals surface area contributed by atoms with Crippen molar-refractivity contribution in [2.45, 2.75) is 19.4 Å². The Kier molecular flexibility index (Phi) is 5.76. The lowest BCUT2D eigenvalue weighted by atomic mass is 10.1. The molecule has 7 nitrogen and oxygen atoms in total. The third kappa shape index (κ3) is 4.57. The van der Waals surface area contributed by atoms with Gasteiger partial charge in [-0.2, -0.15) is 0 Å². The standard InChI is InChI=1S/C17H15NO6S/c1-10(7-11-5-3-2-4-6-11)8-13-15(21)18(17(24)25-13)12(16(22)23)9-14(19)20/h2-8,12H,9H2,1H3,(H,19,20)(H,22,23)/b10-7+,13-8-/t12-/m0/s1. The number of imide groups is 1. The SMILES string of the molecule is CC(/C=C1\SC(=O)N([C@@H](CC(=O)O)C(=O)O)C1=O)=C\c1ccccc1. The lowest BCUT2D eigenvalue weighted by molar-refractivity contribution is -0.150. The second kappa shape index (κ2) is 7.80. The zero-order chi connectivity index (χ0) is 18.6. The highest BCUT2D eigenvalue weighted by Gasteiger charge is 2.43. The van der Waals surface area contributed by atoms with Crippen LogP contribution in [0.3, 0.4) is 0 Å².